The van der Waals surface area contributed by atoms with Crippen molar-refractivity contribution >= 4 is 16.3 Å². The van der Waals surface area contributed by atoms with E-state index in [1.165, 1.54) is 0 Å². The summed E-state index contributed by atoms with van der Waals surface area (Å²) in [7, 11) is 0. The normalized spacial score (nSPS) is 11.1. The van der Waals surface area contributed by atoms with Crippen molar-refractivity contribution in [1.29, 1.82) is 0 Å². The van der Waals surface area contributed by atoms with Crippen LogP contribution < -0.4 is 10.5 Å². The lowest BCUT2D eigenvalue weighted by Crippen LogP contribution is -2.03. The van der Waals surface area contributed by atoms with Gasteiger partial charge in [-0.1, -0.05) is 6.92 Å². The number of nitrogens with two attached hydrogens (primary N) is 1. The van der Waals surface area contributed by atoms with Crippen molar-refractivity contribution in [3.05, 3.63) is 35.5 Å². The number of nitrogens with zero attached hydrogens (tertiary/aromatic N) is 3. The lowest BCUT2D eigenvalue weighted by molar-refractivity contribution is 0.317. The Hall–Kier alpha value is -1.92. The summed E-state index contributed by atoms with van der Waals surface area (Å²) in [6, 6.07) is 8.07. The first-order valence-electron chi connectivity index (χ1n) is 6.58. The predicted molar refractivity (Wildman–Crippen MR) is 80.0 cm³/mol. The summed E-state index contributed by atoms with van der Waals surface area (Å²) < 4.78 is 7.60. The van der Waals surface area contributed by atoms with Crippen LogP contribution in [-0.4, -0.2) is 21.2 Å². The number of benzene rings is 1. The van der Waals surface area contributed by atoms with Gasteiger partial charge in [0.25, 0.3) is 0 Å². The Morgan fingerprint density at radius 3 is 2.75 bits per heavy atom. The van der Waals surface area contributed by atoms with Crippen LogP contribution in [0.2, 0.25) is 0 Å². The van der Waals surface area contributed by atoms with Gasteiger partial charge < -0.3 is 10.5 Å². The van der Waals surface area contributed by atoms with Gasteiger partial charge in [0, 0.05) is 5.38 Å². The smallest absolute Gasteiger partial charge is 0.216 e. The Kier molecular flexibility index (Phi) is 3.66. The molecule has 0 atom stereocenters. The van der Waals surface area contributed by atoms with E-state index in [1.54, 1.807) is 11.3 Å². The Bertz CT molecular complexity index is 702. The highest BCUT2D eigenvalue weighted by Crippen LogP contribution is 2.27. The molecule has 3 aromatic rings. The molecule has 0 aliphatic rings. The van der Waals surface area contributed by atoms with Gasteiger partial charge in [0.2, 0.25) is 4.96 Å². The predicted octanol–water partition coefficient (Wildman–Crippen LogP) is 2.71. The summed E-state index contributed by atoms with van der Waals surface area (Å²) in [6.07, 6.45) is 1.01. The molecule has 2 aromatic heterocycles. The fourth-order valence-corrected chi connectivity index (χ4v) is 2.91. The van der Waals surface area contributed by atoms with E-state index < -0.39 is 0 Å². The van der Waals surface area contributed by atoms with E-state index in [0.717, 1.165) is 40.8 Å². The molecule has 0 bridgehead atoms. The molecule has 2 heterocycles. The fourth-order valence-electron chi connectivity index (χ4n) is 2.05. The van der Waals surface area contributed by atoms with Crippen molar-refractivity contribution < 1.29 is 4.74 Å². The Labute approximate surface area is 121 Å². The first kappa shape index (κ1) is 13.1. The van der Waals surface area contributed by atoms with E-state index in [4.69, 9.17) is 10.5 Å². The average Bonchev–Trinajstić information content (AvgIpc) is 3.07. The molecular weight excluding hydrogens is 272 g/mol. The van der Waals surface area contributed by atoms with Crippen molar-refractivity contribution in [2.24, 2.45) is 5.73 Å². The zero-order valence-corrected chi connectivity index (χ0v) is 12.1. The second kappa shape index (κ2) is 5.60. The van der Waals surface area contributed by atoms with Crippen LogP contribution in [0.25, 0.3) is 16.2 Å². The molecule has 0 radical (unpaired) electrons. The second-order valence-electron chi connectivity index (χ2n) is 4.43. The zero-order valence-electron chi connectivity index (χ0n) is 11.2. The van der Waals surface area contributed by atoms with Gasteiger partial charge in [0.15, 0.2) is 5.82 Å². The zero-order chi connectivity index (χ0) is 13.9. The number of rotatable bonds is 5. The molecule has 5 nitrogen and oxygen atoms in total. The number of hydrogen-bond acceptors (Lipinski definition) is 5. The summed E-state index contributed by atoms with van der Waals surface area (Å²) in [6.45, 7) is 3.21. The van der Waals surface area contributed by atoms with Crippen LogP contribution in [0.3, 0.4) is 0 Å². The van der Waals surface area contributed by atoms with Gasteiger partial charge in [-0.2, -0.15) is 0 Å². The summed E-state index contributed by atoms with van der Waals surface area (Å²) in [5.41, 5.74) is 7.88. The largest absolute Gasteiger partial charge is 0.494 e. The number of hydrogen-bond donors (Lipinski definition) is 1. The average molecular weight is 288 g/mol. The minimum absolute atomic E-state index is 0.378. The van der Waals surface area contributed by atoms with Crippen LogP contribution in [-0.2, 0) is 6.54 Å². The van der Waals surface area contributed by atoms with Crippen molar-refractivity contribution in [2.45, 2.75) is 19.9 Å². The van der Waals surface area contributed by atoms with Crippen molar-refractivity contribution in [3.63, 3.8) is 0 Å². The summed E-state index contributed by atoms with van der Waals surface area (Å²) in [5, 5.41) is 10.3. The summed E-state index contributed by atoms with van der Waals surface area (Å²) in [5.74, 6) is 1.67. The number of fused-ring (bicyclic) bond motifs is 1. The fraction of sp³-hybridized carbons (Fsp3) is 0.286. The van der Waals surface area contributed by atoms with Gasteiger partial charge in [0.05, 0.1) is 18.8 Å². The van der Waals surface area contributed by atoms with Gasteiger partial charge in [-0.3, -0.25) is 4.40 Å². The molecule has 0 saturated carbocycles. The van der Waals surface area contributed by atoms with Crippen LogP contribution in [0.15, 0.2) is 29.6 Å². The van der Waals surface area contributed by atoms with E-state index in [-0.39, 0.29) is 0 Å². The Balaban J connectivity index is 1.96. The van der Waals surface area contributed by atoms with E-state index in [1.807, 2.05) is 28.7 Å². The van der Waals surface area contributed by atoms with Gasteiger partial charge in [-0.15, -0.1) is 21.5 Å². The lowest BCUT2D eigenvalue weighted by Gasteiger charge is -2.06. The molecule has 3 rings (SSSR count). The van der Waals surface area contributed by atoms with Crippen molar-refractivity contribution in [3.8, 4) is 17.0 Å². The molecule has 0 saturated heterocycles. The van der Waals surface area contributed by atoms with Crippen LogP contribution in [0.4, 0.5) is 0 Å². The van der Waals surface area contributed by atoms with Crippen molar-refractivity contribution in [2.75, 3.05) is 6.61 Å². The molecule has 104 valence electrons. The van der Waals surface area contributed by atoms with Gasteiger partial charge in [0.1, 0.15) is 5.75 Å². The van der Waals surface area contributed by atoms with Gasteiger partial charge >= 0.3 is 0 Å². The molecular formula is C14H16N4OS. The summed E-state index contributed by atoms with van der Waals surface area (Å²) in [4.78, 5) is 0.867. The van der Waals surface area contributed by atoms with E-state index in [0.29, 0.717) is 6.54 Å². The first-order chi connectivity index (χ1) is 9.83. The molecule has 0 spiro atoms. The maximum atomic E-state index is 5.71. The molecule has 0 aliphatic carbocycles. The highest BCUT2D eigenvalue weighted by molar-refractivity contribution is 7.15. The maximum Gasteiger partial charge on any atom is 0.216 e. The van der Waals surface area contributed by atoms with E-state index in [2.05, 4.69) is 22.5 Å². The van der Waals surface area contributed by atoms with Crippen molar-refractivity contribution in [1.82, 2.24) is 14.6 Å². The highest BCUT2D eigenvalue weighted by atomic mass is 32.1. The SMILES string of the molecule is CCCOc1ccc(-c2csc3nnc(CN)n23)cc1. The molecule has 0 unspecified atom stereocenters. The van der Waals surface area contributed by atoms with Crippen LogP contribution in [0, 0.1) is 0 Å². The molecule has 1 aromatic carbocycles. The van der Waals surface area contributed by atoms with Gasteiger partial charge in [-0.25, -0.2) is 0 Å². The standard InChI is InChI=1S/C14H16N4OS/c1-2-7-19-11-5-3-10(4-6-11)12-9-20-14-17-16-13(8-15)18(12)14/h3-6,9H,2,7-8,15H2,1H3. The third-order valence-electron chi connectivity index (χ3n) is 3.02. The molecule has 6 heteroatoms. The summed E-state index contributed by atoms with van der Waals surface area (Å²) >= 11 is 1.57. The third-order valence-corrected chi connectivity index (χ3v) is 3.84. The van der Waals surface area contributed by atoms with Gasteiger partial charge in [-0.05, 0) is 36.2 Å². The second-order valence-corrected chi connectivity index (χ2v) is 5.27. The molecule has 0 amide bonds. The topological polar surface area (TPSA) is 65.4 Å². The number of aromatic nitrogens is 3. The minimum atomic E-state index is 0.378. The molecule has 0 aliphatic heterocycles. The van der Waals surface area contributed by atoms with Crippen LogP contribution >= 0.6 is 11.3 Å². The number of ether oxygens (including phenoxy) is 1. The van der Waals surface area contributed by atoms with Crippen LogP contribution in [0.5, 0.6) is 5.75 Å². The Morgan fingerprint density at radius 1 is 1.25 bits per heavy atom. The van der Waals surface area contributed by atoms with E-state index in [9.17, 15) is 0 Å². The highest BCUT2D eigenvalue weighted by Gasteiger charge is 2.12. The lowest BCUT2D eigenvalue weighted by atomic mass is 10.1. The maximum absolute atomic E-state index is 5.71. The molecule has 0 fully saturated rings. The van der Waals surface area contributed by atoms with E-state index >= 15 is 0 Å². The number of thiazole rings is 1. The molecule has 20 heavy (non-hydrogen) atoms. The first-order valence-corrected chi connectivity index (χ1v) is 7.46. The van der Waals surface area contributed by atoms with Crippen LogP contribution in [0.1, 0.15) is 19.2 Å². The quantitative estimate of drug-likeness (QED) is 0.784. The minimum Gasteiger partial charge on any atom is -0.494 e. The Morgan fingerprint density at radius 2 is 2.05 bits per heavy atom. The monoisotopic (exact) mass is 288 g/mol. The third kappa shape index (κ3) is 2.28. The molecule has 2 N–H and O–H groups in total.